The van der Waals surface area contributed by atoms with Gasteiger partial charge in [-0.2, -0.15) is 4.98 Å². The fraction of sp³-hybridized carbons (Fsp3) is 0.0833. The van der Waals surface area contributed by atoms with Crippen LogP contribution in [0.2, 0.25) is 5.02 Å². The van der Waals surface area contributed by atoms with E-state index in [1.165, 1.54) is 12.1 Å². The zero-order valence-electron chi connectivity index (χ0n) is 9.96. The summed E-state index contributed by atoms with van der Waals surface area (Å²) in [5.41, 5.74) is 6.14. The first kappa shape index (κ1) is 13.1. The lowest BCUT2D eigenvalue weighted by molar-refractivity contribution is -0.386. The van der Waals surface area contributed by atoms with E-state index >= 15 is 0 Å². The van der Waals surface area contributed by atoms with E-state index in [2.05, 4.69) is 4.98 Å². The summed E-state index contributed by atoms with van der Waals surface area (Å²) in [5, 5.41) is 11.2. The molecule has 0 radical (unpaired) electrons. The number of aromatic nitrogens is 1. The molecule has 0 aliphatic rings. The van der Waals surface area contributed by atoms with Crippen molar-refractivity contribution in [1.82, 2.24) is 4.98 Å². The van der Waals surface area contributed by atoms with Crippen LogP contribution in [-0.2, 0) is 0 Å². The number of hydrogen-bond acceptors (Lipinski definition) is 5. The highest BCUT2D eigenvalue weighted by molar-refractivity contribution is 6.32. The Morgan fingerprint density at radius 2 is 2.11 bits per heavy atom. The van der Waals surface area contributed by atoms with Gasteiger partial charge >= 0.3 is 11.6 Å². The Hall–Kier alpha value is -2.34. The van der Waals surface area contributed by atoms with Crippen LogP contribution in [0.3, 0.4) is 0 Å². The van der Waals surface area contributed by atoms with E-state index in [1.54, 1.807) is 18.2 Å². The first-order chi connectivity index (χ1) is 8.97. The van der Waals surface area contributed by atoms with Crippen molar-refractivity contribution in [3.05, 3.63) is 51.0 Å². The van der Waals surface area contributed by atoms with Crippen molar-refractivity contribution in [1.29, 1.82) is 0 Å². The van der Waals surface area contributed by atoms with Gasteiger partial charge in [0.2, 0.25) is 0 Å². The van der Waals surface area contributed by atoms with E-state index in [4.69, 9.17) is 22.1 Å². The molecule has 19 heavy (non-hydrogen) atoms. The van der Waals surface area contributed by atoms with Gasteiger partial charge in [0.25, 0.3) is 0 Å². The Labute approximate surface area is 113 Å². The van der Waals surface area contributed by atoms with Crippen LogP contribution < -0.4 is 10.5 Å². The summed E-state index contributed by atoms with van der Waals surface area (Å²) in [4.78, 5) is 14.1. The molecule has 0 amide bonds. The minimum absolute atomic E-state index is 0.129. The van der Waals surface area contributed by atoms with Gasteiger partial charge in [-0.3, -0.25) is 10.1 Å². The second-order valence-electron chi connectivity index (χ2n) is 3.85. The summed E-state index contributed by atoms with van der Waals surface area (Å²) in [6, 6.07) is 7.68. The second kappa shape index (κ2) is 5.11. The fourth-order valence-electron chi connectivity index (χ4n) is 1.45. The maximum atomic E-state index is 10.9. The van der Waals surface area contributed by atoms with Gasteiger partial charge in [0.15, 0.2) is 0 Å². The minimum atomic E-state index is -0.592. The van der Waals surface area contributed by atoms with Crippen LogP contribution in [0.5, 0.6) is 11.6 Å². The molecule has 0 saturated heterocycles. The van der Waals surface area contributed by atoms with Crippen molar-refractivity contribution in [2.24, 2.45) is 0 Å². The van der Waals surface area contributed by atoms with Crippen molar-refractivity contribution in [2.45, 2.75) is 6.92 Å². The van der Waals surface area contributed by atoms with E-state index in [1.807, 2.05) is 6.92 Å². The number of nitrogens with two attached hydrogens (primary N) is 1. The lowest BCUT2D eigenvalue weighted by Crippen LogP contribution is -1.99. The largest absolute Gasteiger partial charge is 0.432 e. The van der Waals surface area contributed by atoms with E-state index in [0.717, 1.165) is 5.56 Å². The van der Waals surface area contributed by atoms with Gasteiger partial charge < -0.3 is 10.5 Å². The van der Waals surface area contributed by atoms with Crippen molar-refractivity contribution < 1.29 is 9.66 Å². The Kier molecular flexibility index (Phi) is 3.52. The topological polar surface area (TPSA) is 91.3 Å². The predicted octanol–water partition coefficient (Wildman–Crippen LogP) is 3.33. The SMILES string of the molecule is Cc1ccc(Cl)c(Oc2nc(N)ccc2[N+](=O)[O-])c1. The van der Waals surface area contributed by atoms with Gasteiger partial charge in [0, 0.05) is 6.07 Å². The Morgan fingerprint density at radius 3 is 2.79 bits per heavy atom. The summed E-state index contributed by atoms with van der Waals surface area (Å²) in [6.07, 6.45) is 0. The molecule has 0 fully saturated rings. The molecule has 0 spiro atoms. The molecule has 2 rings (SSSR count). The molecule has 1 heterocycles. The fourth-order valence-corrected chi connectivity index (χ4v) is 1.61. The van der Waals surface area contributed by atoms with E-state index in [9.17, 15) is 10.1 Å². The van der Waals surface area contributed by atoms with Crippen LogP contribution in [0, 0.1) is 17.0 Å². The smallest absolute Gasteiger partial charge is 0.331 e. The maximum Gasteiger partial charge on any atom is 0.331 e. The van der Waals surface area contributed by atoms with Crippen molar-refractivity contribution in [3.63, 3.8) is 0 Å². The highest BCUT2D eigenvalue weighted by atomic mass is 35.5. The lowest BCUT2D eigenvalue weighted by atomic mass is 10.2. The minimum Gasteiger partial charge on any atom is -0.432 e. The molecule has 0 aliphatic carbocycles. The molecule has 2 aromatic rings. The number of hydrogen-bond donors (Lipinski definition) is 1. The third-order valence-corrected chi connectivity index (χ3v) is 2.66. The van der Waals surface area contributed by atoms with Crippen molar-refractivity contribution in [2.75, 3.05) is 5.73 Å². The molecule has 1 aromatic carbocycles. The lowest BCUT2D eigenvalue weighted by Gasteiger charge is -2.08. The van der Waals surface area contributed by atoms with Gasteiger partial charge in [-0.1, -0.05) is 17.7 Å². The second-order valence-corrected chi connectivity index (χ2v) is 4.26. The summed E-state index contributed by atoms with van der Waals surface area (Å²) in [5.74, 6) is 0.241. The van der Waals surface area contributed by atoms with Crippen molar-refractivity contribution in [3.8, 4) is 11.6 Å². The average Bonchev–Trinajstić information content (AvgIpc) is 2.33. The third-order valence-electron chi connectivity index (χ3n) is 2.35. The van der Waals surface area contributed by atoms with Crippen LogP contribution in [0.25, 0.3) is 0 Å². The highest BCUT2D eigenvalue weighted by Crippen LogP contribution is 2.34. The van der Waals surface area contributed by atoms with Crippen LogP contribution in [0.15, 0.2) is 30.3 Å². The number of benzene rings is 1. The van der Waals surface area contributed by atoms with E-state index < -0.39 is 4.92 Å². The Bertz CT molecular complexity index is 646. The normalized spacial score (nSPS) is 10.2. The molecule has 0 saturated carbocycles. The number of nitrogen functional groups attached to an aromatic ring is 1. The van der Waals surface area contributed by atoms with Crippen LogP contribution in [0.1, 0.15) is 5.56 Å². The number of rotatable bonds is 3. The molecule has 0 unspecified atom stereocenters. The molecule has 0 bridgehead atoms. The number of halogens is 1. The molecule has 0 atom stereocenters. The van der Waals surface area contributed by atoms with Crippen LogP contribution >= 0.6 is 11.6 Å². The van der Waals surface area contributed by atoms with E-state index in [0.29, 0.717) is 10.8 Å². The van der Waals surface area contributed by atoms with Gasteiger partial charge in [0.1, 0.15) is 11.6 Å². The van der Waals surface area contributed by atoms with Crippen molar-refractivity contribution >= 4 is 23.1 Å². The number of nitrogens with zero attached hydrogens (tertiary/aromatic N) is 2. The highest BCUT2D eigenvalue weighted by Gasteiger charge is 2.18. The molecule has 1 aromatic heterocycles. The molecular formula is C12H10ClN3O3. The zero-order chi connectivity index (χ0) is 14.0. The van der Waals surface area contributed by atoms with Gasteiger partial charge in [-0.05, 0) is 30.7 Å². The van der Waals surface area contributed by atoms with Gasteiger partial charge in [0.05, 0.1) is 9.95 Å². The van der Waals surface area contributed by atoms with E-state index in [-0.39, 0.29) is 17.4 Å². The Morgan fingerprint density at radius 1 is 1.37 bits per heavy atom. The molecule has 0 aliphatic heterocycles. The number of pyridine rings is 1. The number of anilines is 1. The summed E-state index contributed by atoms with van der Waals surface area (Å²) < 4.78 is 5.40. The zero-order valence-corrected chi connectivity index (χ0v) is 10.7. The standard InChI is InChI=1S/C12H10ClN3O3/c1-7-2-3-8(13)10(6-7)19-12-9(16(17)18)4-5-11(14)15-12/h2-6H,1H3,(H2,14,15). The first-order valence-electron chi connectivity index (χ1n) is 5.32. The van der Waals surface area contributed by atoms with Gasteiger partial charge in [-0.15, -0.1) is 0 Å². The molecule has 7 heteroatoms. The quantitative estimate of drug-likeness (QED) is 0.687. The van der Waals surface area contributed by atoms with Crippen LogP contribution in [0.4, 0.5) is 11.5 Å². The Balaban J connectivity index is 2.45. The summed E-state index contributed by atoms with van der Waals surface area (Å²) >= 11 is 5.96. The number of nitro groups is 1. The molecular weight excluding hydrogens is 270 g/mol. The monoisotopic (exact) mass is 279 g/mol. The first-order valence-corrected chi connectivity index (χ1v) is 5.70. The summed E-state index contributed by atoms with van der Waals surface area (Å²) in [7, 11) is 0. The average molecular weight is 280 g/mol. The summed E-state index contributed by atoms with van der Waals surface area (Å²) in [6.45, 7) is 1.85. The predicted molar refractivity (Wildman–Crippen MR) is 71.6 cm³/mol. The van der Waals surface area contributed by atoms with Gasteiger partial charge in [-0.25, -0.2) is 0 Å². The number of aryl methyl sites for hydroxylation is 1. The molecule has 2 N–H and O–H groups in total. The third kappa shape index (κ3) is 2.92. The number of ether oxygens (including phenoxy) is 1. The molecule has 6 nitrogen and oxygen atoms in total. The molecule has 98 valence electrons. The maximum absolute atomic E-state index is 10.9. The van der Waals surface area contributed by atoms with Crippen LogP contribution in [-0.4, -0.2) is 9.91 Å².